The van der Waals surface area contributed by atoms with E-state index in [1.54, 1.807) is 12.3 Å². The van der Waals surface area contributed by atoms with Gasteiger partial charge >= 0.3 is 0 Å². The minimum Gasteiger partial charge on any atom is -0.437 e. The molecule has 5 heteroatoms. The van der Waals surface area contributed by atoms with E-state index in [2.05, 4.69) is 20.9 Å². The Balaban J connectivity index is 2.23. The van der Waals surface area contributed by atoms with Gasteiger partial charge < -0.3 is 10.5 Å². The molecular formula is C15H16BrFN2O. The van der Waals surface area contributed by atoms with E-state index in [1.807, 2.05) is 19.9 Å². The maximum Gasteiger partial charge on any atom is 0.222 e. The van der Waals surface area contributed by atoms with Crippen LogP contribution in [0.1, 0.15) is 18.1 Å². The lowest BCUT2D eigenvalue weighted by Gasteiger charge is -2.11. The molecule has 0 bridgehead atoms. The first-order valence-corrected chi connectivity index (χ1v) is 7.09. The smallest absolute Gasteiger partial charge is 0.222 e. The molecule has 2 rings (SSSR count). The molecule has 0 amide bonds. The van der Waals surface area contributed by atoms with Crippen LogP contribution < -0.4 is 10.5 Å². The van der Waals surface area contributed by atoms with Crippen molar-refractivity contribution in [2.24, 2.45) is 5.73 Å². The fourth-order valence-electron chi connectivity index (χ4n) is 1.87. The van der Waals surface area contributed by atoms with Crippen molar-refractivity contribution >= 4 is 15.9 Å². The summed E-state index contributed by atoms with van der Waals surface area (Å²) in [6, 6.07) is 6.35. The molecule has 3 nitrogen and oxygen atoms in total. The fraction of sp³-hybridized carbons (Fsp3) is 0.267. The number of aromatic nitrogens is 1. The van der Waals surface area contributed by atoms with Gasteiger partial charge in [0.05, 0.1) is 4.47 Å². The highest BCUT2D eigenvalue weighted by molar-refractivity contribution is 9.10. The van der Waals surface area contributed by atoms with Gasteiger partial charge in [0.2, 0.25) is 5.88 Å². The van der Waals surface area contributed by atoms with Crippen molar-refractivity contribution in [2.45, 2.75) is 26.3 Å². The van der Waals surface area contributed by atoms with E-state index in [4.69, 9.17) is 10.5 Å². The number of halogens is 2. The van der Waals surface area contributed by atoms with Gasteiger partial charge in [0.1, 0.15) is 11.6 Å². The molecule has 1 heterocycles. The first kappa shape index (κ1) is 14.9. The quantitative estimate of drug-likeness (QED) is 0.917. The molecule has 0 aliphatic carbocycles. The lowest BCUT2D eigenvalue weighted by atomic mass is 10.1. The van der Waals surface area contributed by atoms with Crippen LogP contribution >= 0.6 is 15.9 Å². The second-order valence-electron chi connectivity index (χ2n) is 4.82. The highest BCUT2D eigenvalue weighted by atomic mass is 79.9. The number of nitrogens with two attached hydrogens (primary N) is 1. The molecular weight excluding hydrogens is 323 g/mol. The van der Waals surface area contributed by atoms with Crippen LogP contribution in [-0.2, 0) is 6.42 Å². The second kappa shape index (κ2) is 6.33. The van der Waals surface area contributed by atoms with E-state index in [1.165, 1.54) is 12.1 Å². The van der Waals surface area contributed by atoms with E-state index >= 15 is 0 Å². The summed E-state index contributed by atoms with van der Waals surface area (Å²) in [6.45, 7) is 3.85. The van der Waals surface area contributed by atoms with Crippen LogP contribution in [0, 0.1) is 12.7 Å². The molecule has 1 aromatic carbocycles. The Morgan fingerprint density at radius 2 is 2.15 bits per heavy atom. The van der Waals surface area contributed by atoms with Crippen molar-refractivity contribution in [3.05, 3.63) is 51.9 Å². The van der Waals surface area contributed by atoms with Crippen molar-refractivity contribution in [2.75, 3.05) is 0 Å². The molecule has 1 atom stereocenters. The van der Waals surface area contributed by atoms with E-state index in [-0.39, 0.29) is 11.9 Å². The predicted octanol–water partition coefficient (Wildman–Crippen LogP) is 3.97. The van der Waals surface area contributed by atoms with Crippen LogP contribution in [0.4, 0.5) is 4.39 Å². The monoisotopic (exact) mass is 338 g/mol. The third-order valence-corrected chi connectivity index (χ3v) is 3.40. The van der Waals surface area contributed by atoms with E-state index in [0.717, 1.165) is 17.5 Å². The molecule has 0 spiro atoms. The molecule has 106 valence electrons. The Labute approximate surface area is 126 Å². The van der Waals surface area contributed by atoms with Gasteiger partial charge in [-0.25, -0.2) is 9.37 Å². The average Bonchev–Trinajstić information content (AvgIpc) is 2.36. The average molecular weight is 339 g/mol. The minimum atomic E-state index is -0.352. The molecule has 0 saturated heterocycles. The van der Waals surface area contributed by atoms with Crippen LogP contribution in [0.3, 0.4) is 0 Å². The van der Waals surface area contributed by atoms with Gasteiger partial charge in [-0.3, -0.25) is 0 Å². The third kappa shape index (κ3) is 3.77. The van der Waals surface area contributed by atoms with Crippen molar-refractivity contribution in [1.29, 1.82) is 0 Å². The van der Waals surface area contributed by atoms with Crippen molar-refractivity contribution in [3.63, 3.8) is 0 Å². The first-order chi connectivity index (χ1) is 9.45. The van der Waals surface area contributed by atoms with Crippen molar-refractivity contribution in [3.8, 4) is 11.6 Å². The summed E-state index contributed by atoms with van der Waals surface area (Å²) in [7, 11) is 0. The Hall–Kier alpha value is -1.46. The molecule has 1 unspecified atom stereocenters. The summed E-state index contributed by atoms with van der Waals surface area (Å²) >= 11 is 3.32. The van der Waals surface area contributed by atoms with E-state index in [0.29, 0.717) is 16.1 Å². The zero-order chi connectivity index (χ0) is 14.7. The zero-order valence-electron chi connectivity index (χ0n) is 11.4. The fourth-order valence-corrected chi connectivity index (χ4v) is 2.20. The number of pyridine rings is 1. The third-order valence-electron chi connectivity index (χ3n) is 2.74. The highest BCUT2D eigenvalue weighted by Crippen LogP contribution is 2.31. The van der Waals surface area contributed by atoms with Crippen LogP contribution in [0.5, 0.6) is 11.6 Å². The summed E-state index contributed by atoms with van der Waals surface area (Å²) < 4.78 is 19.6. The summed E-state index contributed by atoms with van der Waals surface area (Å²) in [5, 5.41) is 0. The highest BCUT2D eigenvalue weighted by Gasteiger charge is 2.09. The topological polar surface area (TPSA) is 48.1 Å². The maximum atomic E-state index is 13.2. The Bertz CT molecular complexity index is 617. The van der Waals surface area contributed by atoms with Gasteiger partial charge in [-0.05, 0) is 60.0 Å². The Kier molecular flexibility index (Phi) is 4.73. The number of hydrogen-bond donors (Lipinski definition) is 1. The van der Waals surface area contributed by atoms with Gasteiger partial charge in [-0.15, -0.1) is 0 Å². The van der Waals surface area contributed by atoms with Crippen LogP contribution in [0.15, 0.2) is 34.9 Å². The van der Waals surface area contributed by atoms with Gasteiger partial charge in [0.15, 0.2) is 0 Å². The summed E-state index contributed by atoms with van der Waals surface area (Å²) in [4.78, 5) is 4.28. The van der Waals surface area contributed by atoms with Gasteiger partial charge in [-0.1, -0.05) is 0 Å². The molecule has 0 radical (unpaired) electrons. The van der Waals surface area contributed by atoms with Crippen molar-refractivity contribution < 1.29 is 9.13 Å². The molecule has 2 aromatic rings. The first-order valence-electron chi connectivity index (χ1n) is 6.29. The maximum absolute atomic E-state index is 13.2. The van der Waals surface area contributed by atoms with Gasteiger partial charge in [-0.2, -0.15) is 0 Å². The number of hydrogen-bond acceptors (Lipinski definition) is 3. The van der Waals surface area contributed by atoms with Gasteiger partial charge in [0, 0.05) is 23.9 Å². The Morgan fingerprint density at radius 1 is 1.40 bits per heavy atom. The second-order valence-corrected chi connectivity index (χ2v) is 5.68. The van der Waals surface area contributed by atoms with E-state index < -0.39 is 0 Å². The number of nitrogens with zero attached hydrogens (tertiary/aromatic N) is 1. The molecule has 0 aliphatic rings. The molecule has 0 saturated carbocycles. The van der Waals surface area contributed by atoms with Crippen LogP contribution in [-0.4, -0.2) is 11.0 Å². The number of rotatable bonds is 4. The SMILES string of the molecule is Cc1cc(CC(C)N)cnc1Oc1cc(F)ccc1Br. The summed E-state index contributed by atoms with van der Waals surface area (Å²) in [6.07, 6.45) is 2.50. The molecule has 1 aromatic heterocycles. The minimum absolute atomic E-state index is 0.0836. The standard InChI is InChI=1S/C15H16BrFN2O/c1-9-5-11(6-10(2)18)8-19-15(9)20-14-7-12(17)3-4-13(14)16/h3-5,7-8,10H,6,18H2,1-2H3. The lowest BCUT2D eigenvalue weighted by Crippen LogP contribution is -2.17. The Morgan fingerprint density at radius 3 is 2.80 bits per heavy atom. The zero-order valence-corrected chi connectivity index (χ0v) is 12.9. The number of benzene rings is 1. The molecule has 2 N–H and O–H groups in total. The summed E-state index contributed by atoms with van der Waals surface area (Å²) in [5.41, 5.74) is 7.71. The molecule has 0 aliphatic heterocycles. The normalized spacial score (nSPS) is 12.2. The predicted molar refractivity (Wildman–Crippen MR) is 80.5 cm³/mol. The molecule has 0 fully saturated rings. The lowest BCUT2D eigenvalue weighted by molar-refractivity contribution is 0.451. The van der Waals surface area contributed by atoms with Crippen molar-refractivity contribution in [1.82, 2.24) is 4.98 Å². The largest absolute Gasteiger partial charge is 0.437 e. The summed E-state index contributed by atoms with van der Waals surface area (Å²) in [5.74, 6) is 0.514. The van der Waals surface area contributed by atoms with Crippen LogP contribution in [0.25, 0.3) is 0 Å². The van der Waals surface area contributed by atoms with Crippen LogP contribution in [0.2, 0.25) is 0 Å². The number of ether oxygens (including phenoxy) is 1. The van der Waals surface area contributed by atoms with Gasteiger partial charge in [0.25, 0.3) is 0 Å². The molecule has 20 heavy (non-hydrogen) atoms. The van der Waals surface area contributed by atoms with E-state index in [9.17, 15) is 4.39 Å². The number of aryl methyl sites for hydroxylation is 1.